The number of hydrogen-bond donors (Lipinski definition) is 1. The molecule has 1 aromatic carbocycles. The van der Waals surface area contributed by atoms with E-state index in [9.17, 15) is 14.7 Å². The smallest absolute Gasteiger partial charge is 0.307 e. The number of carboxylic acids is 1. The Balaban J connectivity index is 2.26. The minimum absolute atomic E-state index is 0.0875. The van der Waals surface area contributed by atoms with Gasteiger partial charge >= 0.3 is 5.97 Å². The van der Waals surface area contributed by atoms with Gasteiger partial charge in [-0.1, -0.05) is 26.0 Å². The summed E-state index contributed by atoms with van der Waals surface area (Å²) in [6.45, 7) is 8.12. The number of rotatable bonds is 4. The molecular weight excluding hydrogens is 254 g/mol. The second-order valence-electron chi connectivity index (χ2n) is 6.04. The summed E-state index contributed by atoms with van der Waals surface area (Å²) in [6, 6.07) is 7.72. The summed E-state index contributed by atoms with van der Waals surface area (Å²) in [5.74, 6) is -1.97. The van der Waals surface area contributed by atoms with Gasteiger partial charge in [0, 0.05) is 12.2 Å². The fraction of sp³-hybridized carbons (Fsp3) is 0.500. The van der Waals surface area contributed by atoms with Gasteiger partial charge in [-0.25, -0.2) is 0 Å². The molecule has 1 N–H and O–H groups in total. The third kappa shape index (κ3) is 2.30. The number of carbonyl (C=O) groups is 2. The van der Waals surface area contributed by atoms with Gasteiger partial charge in [-0.2, -0.15) is 0 Å². The summed E-state index contributed by atoms with van der Waals surface area (Å²) in [6.07, 6.45) is 0. The largest absolute Gasteiger partial charge is 0.481 e. The summed E-state index contributed by atoms with van der Waals surface area (Å²) in [5.41, 5.74) is 1.46. The maximum absolute atomic E-state index is 12.6. The van der Waals surface area contributed by atoms with Gasteiger partial charge < -0.3 is 10.0 Å². The molecule has 20 heavy (non-hydrogen) atoms. The van der Waals surface area contributed by atoms with Crippen molar-refractivity contribution in [2.75, 3.05) is 11.4 Å². The quantitative estimate of drug-likeness (QED) is 0.919. The van der Waals surface area contributed by atoms with E-state index in [1.165, 1.54) is 0 Å². The molecule has 0 aliphatic heterocycles. The van der Waals surface area contributed by atoms with Gasteiger partial charge in [0.05, 0.1) is 11.8 Å². The zero-order valence-corrected chi connectivity index (χ0v) is 12.4. The lowest BCUT2D eigenvalue weighted by atomic mass is 10.1. The number of nitrogens with zero attached hydrogens (tertiary/aromatic N) is 1. The molecule has 0 radical (unpaired) electrons. The molecule has 0 aromatic heterocycles. The van der Waals surface area contributed by atoms with E-state index >= 15 is 0 Å². The third-order valence-corrected chi connectivity index (χ3v) is 4.26. The summed E-state index contributed by atoms with van der Waals surface area (Å²) in [5, 5.41) is 9.21. The van der Waals surface area contributed by atoms with Crippen LogP contribution in [0.25, 0.3) is 0 Å². The van der Waals surface area contributed by atoms with E-state index in [0.717, 1.165) is 11.3 Å². The fourth-order valence-electron chi connectivity index (χ4n) is 2.99. The highest BCUT2D eigenvalue weighted by molar-refractivity contribution is 6.01. The van der Waals surface area contributed by atoms with Crippen LogP contribution in [0.3, 0.4) is 0 Å². The highest BCUT2D eigenvalue weighted by Gasteiger charge is 2.66. The Morgan fingerprint density at radius 1 is 1.30 bits per heavy atom. The van der Waals surface area contributed by atoms with Crippen LogP contribution < -0.4 is 4.90 Å². The van der Waals surface area contributed by atoms with Gasteiger partial charge in [-0.3, -0.25) is 9.59 Å². The average Bonchev–Trinajstić information content (AvgIpc) is 2.93. The second-order valence-corrected chi connectivity index (χ2v) is 6.04. The van der Waals surface area contributed by atoms with E-state index in [4.69, 9.17) is 0 Å². The number of hydrogen-bond acceptors (Lipinski definition) is 2. The maximum atomic E-state index is 12.6. The van der Waals surface area contributed by atoms with Crippen molar-refractivity contribution in [3.05, 3.63) is 29.8 Å². The van der Waals surface area contributed by atoms with Crippen LogP contribution in [-0.4, -0.2) is 23.5 Å². The predicted octanol–water partition coefficient (Wildman–Crippen LogP) is 2.70. The first kappa shape index (κ1) is 14.6. The number of aryl methyl sites for hydroxylation is 1. The number of aliphatic carboxylic acids is 1. The maximum Gasteiger partial charge on any atom is 0.307 e. The van der Waals surface area contributed by atoms with E-state index in [1.54, 1.807) is 4.90 Å². The van der Waals surface area contributed by atoms with E-state index in [-0.39, 0.29) is 5.91 Å². The Kier molecular flexibility index (Phi) is 3.59. The van der Waals surface area contributed by atoms with Gasteiger partial charge in [0.1, 0.15) is 0 Å². The molecule has 0 saturated heterocycles. The molecule has 1 aliphatic carbocycles. The van der Waals surface area contributed by atoms with Crippen molar-refractivity contribution in [1.29, 1.82) is 0 Å². The Bertz CT molecular complexity index is 550. The second kappa shape index (κ2) is 4.93. The molecule has 1 saturated carbocycles. The van der Waals surface area contributed by atoms with E-state index in [2.05, 4.69) is 0 Å². The number of anilines is 1. The summed E-state index contributed by atoms with van der Waals surface area (Å²) >= 11 is 0. The van der Waals surface area contributed by atoms with Gasteiger partial charge in [-0.15, -0.1) is 0 Å². The molecule has 1 amide bonds. The van der Waals surface area contributed by atoms with Crippen LogP contribution in [0, 0.1) is 24.2 Å². The van der Waals surface area contributed by atoms with Crippen molar-refractivity contribution in [2.24, 2.45) is 17.3 Å². The average molecular weight is 275 g/mol. The van der Waals surface area contributed by atoms with Crippen molar-refractivity contribution in [3.8, 4) is 0 Å². The van der Waals surface area contributed by atoms with Crippen LogP contribution in [0.1, 0.15) is 26.3 Å². The summed E-state index contributed by atoms with van der Waals surface area (Å²) < 4.78 is 0. The number of carboxylic acid groups (broad SMARTS) is 1. The van der Waals surface area contributed by atoms with Crippen LogP contribution >= 0.6 is 0 Å². The lowest BCUT2D eigenvalue weighted by Gasteiger charge is -2.22. The van der Waals surface area contributed by atoms with Crippen LogP contribution in [0.5, 0.6) is 0 Å². The molecule has 0 heterocycles. The predicted molar refractivity (Wildman–Crippen MR) is 77.6 cm³/mol. The zero-order valence-electron chi connectivity index (χ0n) is 12.4. The van der Waals surface area contributed by atoms with Crippen LogP contribution in [0.15, 0.2) is 24.3 Å². The van der Waals surface area contributed by atoms with Crippen LogP contribution in [0.4, 0.5) is 5.69 Å². The van der Waals surface area contributed by atoms with Crippen LogP contribution in [-0.2, 0) is 9.59 Å². The van der Waals surface area contributed by atoms with E-state index in [1.807, 2.05) is 52.0 Å². The van der Waals surface area contributed by atoms with Gasteiger partial charge in [0.2, 0.25) is 5.91 Å². The van der Waals surface area contributed by atoms with Crippen LogP contribution in [0.2, 0.25) is 0 Å². The Hall–Kier alpha value is -1.84. The minimum atomic E-state index is -0.881. The van der Waals surface area contributed by atoms with Gasteiger partial charge in [0.25, 0.3) is 0 Å². The lowest BCUT2D eigenvalue weighted by molar-refractivity contribution is -0.140. The molecule has 0 unspecified atom stereocenters. The molecule has 1 aliphatic rings. The molecule has 0 spiro atoms. The fourth-order valence-corrected chi connectivity index (χ4v) is 2.99. The summed E-state index contributed by atoms with van der Waals surface area (Å²) in [7, 11) is 0. The number of carbonyl (C=O) groups excluding carboxylic acids is 1. The molecular formula is C16H21NO3. The summed E-state index contributed by atoms with van der Waals surface area (Å²) in [4.78, 5) is 25.5. The van der Waals surface area contributed by atoms with E-state index < -0.39 is 23.2 Å². The van der Waals surface area contributed by atoms with Gasteiger partial charge in [-0.05, 0) is 37.0 Å². The SMILES string of the molecule is CCN(C(=O)[C@H]1[C@@H](C(=O)O)C1(C)C)c1cccc(C)c1. The highest BCUT2D eigenvalue weighted by atomic mass is 16.4. The molecule has 0 bridgehead atoms. The van der Waals surface area contributed by atoms with Gasteiger partial charge in [0.15, 0.2) is 0 Å². The van der Waals surface area contributed by atoms with Crippen molar-refractivity contribution in [2.45, 2.75) is 27.7 Å². The Morgan fingerprint density at radius 2 is 1.95 bits per heavy atom. The Morgan fingerprint density at radius 3 is 2.40 bits per heavy atom. The number of benzene rings is 1. The minimum Gasteiger partial charge on any atom is -0.481 e. The van der Waals surface area contributed by atoms with Crippen molar-refractivity contribution in [3.63, 3.8) is 0 Å². The van der Waals surface area contributed by atoms with E-state index in [0.29, 0.717) is 6.54 Å². The third-order valence-electron chi connectivity index (χ3n) is 4.26. The molecule has 2 atom stereocenters. The van der Waals surface area contributed by atoms with Crippen molar-refractivity contribution >= 4 is 17.6 Å². The first-order valence-electron chi connectivity index (χ1n) is 6.91. The molecule has 2 rings (SSSR count). The molecule has 108 valence electrons. The molecule has 1 aromatic rings. The standard InChI is InChI=1S/C16H21NO3/c1-5-17(11-8-6-7-10(2)9-11)14(18)12-13(15(19)20)16(12,3)4/h6-9,12-13H,5H2,1-4H3,(H,19,20)/t12-,13+/m1/s1. The van der Waals surface area contributed by atoms with Crippen molar-refractivity contribution in [1.82, 2.24) is 0 Å². The molecule has 4 nitrogen and oxygen atoms in total. The first-order chi connectivity index (χ1) is 9.30. The number of amides is 1. The normalized spacial score (nSPS) is 23.2. The monoisotopic (exact) mass is 275 g/mol. The zero-order chi connectivity index (χ0) is 15.1. The lowest BCUT2D eigenvalue weighted by Crippen LogP contribution is -2.33. The molecule has 1 fully saturated rings. The van der Waals surface area contributed by atoms with Crippen molar-refractivity contribution < 1.29 is 14.7 Å². The topological polar surface area (TPSA) is 57.6 Å². The first-order valence-corrected chi connectivity index (χ1v) is 6.91. The highest BCUT2D eigenvalue weighted by Crippen LogP contribution is 2.59. The molecule has 4 heteroatoms. The Labute approximate surface area is 119 Å².